The van der Waals surface area contributed by atoms with E-state index in [-0.39, 0.29) is 0 Å². The van der Waals surface area contributed by atoms with Gasteiger partial charge in [0.1, 0.15) is 0 Å². The van der Waals surface area contributed by atoms with Gasteiger partial charge in [0.15, 0.2) is 0 Å². The molecule has 0 unspecified atom stereocenters. The number of rotatable bonds is 0. The lowest BCUT2D eigenvalue weighted by Gasteiger charge is -1.88. The van der Waals surface area contributed by atoms with E-state index in [1.807, 2.05) is 25.1 Å². The van der Waals surface area contributed by atoms with Gasteiger partial charge in [0.25, 0.3) is 5.75 Å². The first-order valence-electron chi connectivity index (χ1n) is 2.58. The van der Waals surface area contributed by atoms with Crippen molar-refractivity contribution in [2.75, 3.05) is 0 Å². The van der Waals surface area contributed by atoms with E-state index in [1.54, 1.807) is 6.07 Å². The summed E-state index contributed by atoms with van der Waals surface area (Å²) >= 11 is 0. The molecule has 42 valence electrons. The van der Waals surface area contributed by atoms with E-state index in [9.17, 15) is 0 Å². The molecule has 0 fully saturated rings. The predicted molar refractivity (Wildman–Crippen MR) is 34.2 cm³/mol. The molecule has 2 N–H and O–H groups in total. The van der Waals surface area contributed by atoms with Gasteiger partial charge >= 0.3 is 0 Å². The Bertz CT molecular complexity index is 160. The third-order valence-corrected chi connectivity index (χ3v) is 1.15. The monoisotopic (exact) mass is 109 g/mol. The Morgan fingerprint density at radius 1 is 1.25 bits per heavy atom. The molecule has 0 aromatic heterocycles. The standard InChI is InChI=1S/C7H8O/c1-6-4-2-3-5-7(6)8/h2-5,8H,1H3/p+1. The highest BCUT2D eigenvalue weighted by molar-refractivity contribution is 5.29. The molecule has 1 aromatic carbocycles. The van der Waals surface area contributed by atoms with Gasteiger partial charge in [-0.1, -0.05) is 18.2 Å². The minimum atomic E-state index is 0.618. The van der Waals surface area contributed by atoms with Gasteiger partial charge < -0.3 is 5.11 Å². The molecular formula is C7H9O+. The zero-order chi connectivity index (χ0) is 5.98. The fourth-order valence-electron chi connectivity index (χ4n) is 0.573. The quantitative estimate of drug-likeness (QED) is 0.450. The second kappa shape index (κ2) is 1.86. The van der Waals surface area contributed by atoms with Crippen molar-refractivity contribution in [3.63, 3.8) is 0 Å². The molecule has 0 atom stereocenters. The number of benzene rings is 1. The van der Waals surface area contributed by atoms with Crippen LogP contribution in [0.2, 0.25) is 0 Å². The molecule has 0 spiro atoms. The van der Waals surface area contributed by atoms with E-state index in [2.05, 4.69) is 0 Å². The molecule has 0 bridgehead atoms. The van der Waals surface area contributed by atoms with Gasteiger partial charge in [0.2, 0.25) is 0 Å². The maximum atomic E-state index is 7.22. The van der Waals surface area contributed by atoms with Gasteiger partial charge in [-0.15, -0.1) is 0 Å². The minimum absolute atomic E-state index is 0.618. The summed E-state index contributed by atoms with van der Waals surface area (Å²) in [6.45, 7) is 1.93. The molecular weight excluding hydrogens is 100 g/mol. The fraction of sp³-hybridized carbons (Fsp3) is 0.143. The molecule has 0 heterocycles. The van der Waals surface area contributed by atoms with Crippen LogP contribution in [0.4, 0.5) is 0 Å². The zero-order valence-electron chi connectivity index (χ0n) is 4.81. The average Bonchev–Trinajstić information content (AvgIpc) is 1.77. The van der Waals surface area contributed by atoms with Crippen molar-refractivity contribution in [3.05, 3.63) is 29.8 Å². The summed E-state index contributed by atoms with van der Waals surface area (Å²) in [6, 6.07) is 7.53. The zero-order valence-corrected chi connectivity index (χ0v) is 4.81. The lowest BCUT2D eigenvalue weighted by atomic mass is 10.2. The van der Waals surface area contributed by atoms with Crippen LogP contribution in [0.5, 0.6) is 5.75 Å². The van der Waals surface area contributed by atoms with Crippen molar-refractivity contribution < 1.29 is 5.11 Å². The second-order valence-electron chi connectivity index (χ2n) is 1.81. The molecule has 1 rings (SSSR count). The molecule has 0 aliphatic heterocycles. The summed E-state index contributed by atoms with van der Waals surface area (Å²) in [5, 5.41) is 7.22. The van der Waals surface area contributed by atoms with Crippen molar-refractivity contribution in [2.24, 2.45) is 0 Å². The lowest BCUT2D eigenvalue weighted by molar-refractivity contribution is 0.471. The van der Waals surface area contributed by atoms with Gasteiger partial charge in [0, 0.05) is 11.6 Å². The average molecular weight is 109 g/mol. The van der Waals surface area contributed by atoms with Crippen LogP contribution in [-0.4, -0.2) is 5.11 Å². The maximum absolute atomic E-state index is 7.22. The van der Waals surface area contributed by atoms with Gasteiger partial charge in [-0.05, 0) is 6.92 Å². The Hall–Kier alpha value is -0.980. The molecule has 8 heavy (non-hydrogen) atoms. The number of hydrogen-bond acceptors (Lipinski definition) is 0. The van der Waals surface area contributed by atoms with Crippen LogP contribution in [0.15, 0.2) is 24.3 Å². The molecule has 1 heteroatoms. The highest BCUT2D eigenvalue weighted by Gasteiger charge is 1.92. The Morgan fingerprint density at radius 3 is 2.25 bits per heavy atom. The van der Waals surface area contributed by atoms with E-state index < -0.39 is 0 Å². The summed E-state index contributed by atoms with van der Waals surface area (Å²) in [7, 11) is 0. The van der Waals surface area contributed by atoms with Gasteiger partial charge in [-0.25, -0.2) is 0 Å². The van der Waals surface area contributed by atoms with E-state index in [1.165, 1.54) is 0 Å². The van der Waals surface area contributed by atoms with Crippen molar-refractivity contribution in [1.29, 1.82) is 0 Å². The smallest absolute Gasteiger partial charge is 0.256 e. The number of para-hydroxylation sites is 1. The molecule has 0 aliphatic carbocycles. The van der Waals surface area contributed by atoms with Crippen molar-refractivity contribution in [1.82, 2.24) is 0 Å². The summed E-state index contributed by atoms with van der Waals surface area (Å²) in [4.78, 5) is 0. The van der Waals surface area contributed by atoms with Crippen LogP contribution >= 0.6 is 0 Å². The molecule has 0 saturated heterocycles. The van der Waals surface area contributed by atoms with Crippen LogP contribution in [-0.2, 0) is 0 Å². The molecule has 0 aliphatic rings. The SMILES string of the molecule is Cc1ccccc1[OH2+]. The Morgan fingerprint density at radius 2 is 1.88 bits per heavy atom. The summed E-state index contributed by atoms with van der Waals surface area (Å²) < 4.78 is 0. The normalized spacial score (nSPS) is 9.12. The first-order valence-corrected chi connectivity index (χ1v) is 2.58. The fourth-order valence-corrected chi connectivity index (χ4v) is 0.573. The highest BCUT2D eigenvalue weighted by atomic mass is 16.3. The van der Waals surface area contributed by atoms with Gasteiger partial charge in [-0.2, -0.15) is 0 Å². The number of hydrogen-bond donors (Lipinski definition) is 0. The van der Waals surface area contributed by atoms with E-state index >= 15 is 0 Å². The Labute approximate surface area is 48.6 Å². The first-order chi connectivity index (χ1) is 3.80. The second-order valence-corrected chi connectivity index (χ2v) is 1.81. The third-order valence-electron chi connectivity index (χ3n) is 1.15. The minimum Gasteiger partial charge on any atom is -0.593 e. The molecule has 0 radical (unpaired) electrons. The highest BCUT2D eigenvalue weighted by Crippen LogP contribution is 2.12. The van der Waals surface area contributed by atoms with Crippen LogP contribution in [0.3, 0.4) is 0 Å². The van der Waals surface area contributed by atoms with Gasteiger partial charge in [0.05, 0.1) is 0 Å². The van der Waals surface area contributed by atoms with Crippen LogP contribution in [0, 0.1) is 6.92 Å². The van der Waals surface area contributed by atoms with Crippen LogP contribution in [0.25, 0.3) is 0 Å². The van der Waals surface area contributed by atoms with Crippen LogP contribution < -0.4 is 0 Å². The molecule has 0 amide bonds. The molecule has 1 nitrogen and oxygen atoms in total. The molecule has 1 aromatic rings. The van der Waals surface area contributed by atoms with Crippen LogP contribution in [0.1, 0.15) is 5.56 Å². The van der Waals surface area contributed by atoms with Crippen molar-refractivity contribution >= 4 is 0 Å². The third kappa shape index (κ3) is 0.808. The largest absolute Gasteiger partial charge is 0.593 e. The maximum Gasteiger partial charge on any atom is 0.256 e. The first kappa shape index (κ1) is 5.16. The predicted octanol–water partition coefficient (Wildman–Crippen LogP) is 1.43. The van der Waals surface area contributed by atoms with Crippen molar-refractivity contribution in [3.8, 4) is 5.75 Å². The van der Waals surface area contributed by atoms with Crippen molar-refractivity contribution in [2.45, 2.75) is 6.92 Å². The topological polar surface area (TPSA) is 22.9 Å². The summed E-state index contributed by atoms with van der Waals surface area (Å²) in [5.74, 6) is 0.618. The summed E-state index contributed by atoms with van der Waals surface area (Å²) in [5.41, 5.74) is 1.03. The van der Waals surface area contributed by atoms with E-state index in [4.69, 9.17) is 5.11 Å². The van der Waals surface area contributed by atoms with E-state index in [0.717, 1.165) is 5.56 Å². The van der Waals surface area contributed by atoms with E-state index in [0.29, 0.717) is 5.75 Å². The number of aryl methyl sites for hydroxylation is 1. The Balaban J connectivity index is 3.13. The van der Waals surface area contributed by atoms with Gasteiger partial charge in [-0.3, -0.25) is 0 Å². The summed E-state index contributed by atoms with van der Waals surface area (Å²) in [6.07, 6.45) is 0. The molecule has 0 saturated carbocycles. The lowest BCUT2D eigenvalue weighted by Crippen LogP contribution is -1.68. The Kier molecular flexibility index (Phi) is 1.20.